The van der Waals surface area contributed by atoms with Crippen molar-refractivity contribution in [2.24, 2.45) is 0 Å². The summed E-state index contributed by atoms with van der Waals surface area (Å²) in [4.78, 5) is 34.4. The van der Waals surface area contributed by atoms with Gasteiger partial charge in [0.25, 0.3) is 0 Å². The van der Waals surface area contributed by atoms with Crippen molar-refractivity contribution in [2.75, 3.05) is 38.7 Å². The quantitative estimate of drug-likeness (QED) is 0.347. The molecule has 0 aliphatic carbocycles. The van der Waals surface area contributed by atoms with Gasteiger partial charge >= 0.3 is 6.03 Å². The van der Waals surface area contributed by atoms with Gasteiger partial charge in [0.05, 0.1) is 32.0 Å². The molecule has 3 heterocycles. The summed E-state index contributed by atoms with van der Waals surface area (Å²) in [6, 6.07) is 7.64. The minimum absolute atomic E-state index is 0.0923. The van der Waals surface area contributed by atoms with Crippen LogP contribution in [0.25, 0.3) is 5.70 Å². The molecule has 2 aromatic carbocycles. The lowest BCUT2D eigenvalue weighted by Gasteiger charge is -2.43. The highest BCUT2D eigenvalue weighted by atomic mass is 16.5. The minimum Gasteiger partial charge on any atom is -0.493 e. The van der Waals surface area contributed by atoms with E-state index in [2.05, 4.69) is 64.8 Å². The van der Waals surface area contributed by atoms with Gasteiger partial charge in [0.1, 0.15) is 18.7 Å². The number of amides is 3. The maximum absolute atomic E-state index is 14.0. The van der Waals surface area contributed by atoms with Crippen LogP contribution in [0.5, 0.6) is 11.5 Å². The smallest absolute Gasteiger partial charge is 0.325 e. The number of aromatic amines is 1. The summed E-state index contributed by atoms with van der Waals surface area (Å²) in [5.41, 5.74) is 7.34. The molecule has 0 saturated carbocycles. The molecule has 1 atom stereocenters. The summed E-state index contributed by atoms with van der Waals surface area (Å²) in [6.07, 6.45) is 4.13. The van der Waals surface area contributed by atoms with Crippen LogP contribution in [-0.4, -0.2) is 76.3 Å². The summed E-state index contributed by atoms with van der Waals surface area (Å²) >= 11 is 0. The Morgan fingerprint density at radius 1 is 1.15 bits per heavy atom. The van der Waals surface area contributed by atoms with Gasteiger partial charge in [0.15, 0.2) is 11.5 Å². The average molecular weight is 560 g/mol. The number of benzene rings is 2. The number of anilines is 1. The first-order valence-corrected chi connectivity index (χ1v) is 13.9. The Labute approximate surface area is 239 Å². The number of carbonyl (C=O) groups excluding carboxylic acids is 2. The molecule has 3 aromatic rings. The Balaban J connectivity index is 1.47. The van der Waals surface area contributed by atoms with E-state index in [0.29, 0.717) is 43.4 Å². The summed E-state index contributed by atoms with van der Waals surface area (Å²) in [5.74, 6) is 1.58. The van der Waals surface area contributed by atoms with E-state index in [-0.39, 0.29) is 31.1 Å². The molecule has 1 aromatic heterocycles. The van der Waals surface area contributed by atoms with Gasteiger partial charge in [-0.3, -0.25) is 14.8 Å². The number of fused-ring (bicyclic) bond motifs is 3. The Morgan fingerprint density at radius 2 is 1.93 bits per heavy atom. The minimum atomic E-state index is -0.381. The highest BCUT2D eigenvalue weighted by molar-refractivity contribution is 5.93. The lowest BCUT2D eigenvalue weighted by Crippen LogP contribution is -2.56. The Morgan fingerprint density at radius 3 is 2.61 bits per heavy atom. The molecule has 0 bridgehead atoms. The SMILES string of the molecule is CCOc1cc2c(cc1OC)C1=CC(CNc3c(C)cc(C)cc3C)N(CC(=O)NCc3ncn[nH]3)C(=O)N1CC2. The van der Waals surface area contributed by atoms with Gasteiger partial charge in [-0.1, -0.05) is 17.7 Å². The number of aromatic nitrogens is 3. The Kier molecular flexibility index (Phi) is 8.14. The number of hydrogen-bond acceptors (Lipinski definition) is 7. The lowest BCUT2D eigenvalue weighted by molar-refractivity contribution is -0.122. The molecule has 11 nitrogen and oxygen atoms in total. The molecule has 11 heteroatoms. The van der Waals surface area contributed by atoms with Crippen LogP contribution in [-0.2, 0) is 17.8 Å². The van der Waals surface area contributed by atoms with Crippen LogP contribution in [0.4, 0.5) is 10.5 Å². The number of carbonyl (C=O) groups is 2. The number of aryl methyl sites for hydroxylation is 3. The highest BCUT2D eigenvalue weighted by Gasteiger charge is 2.38. The molecule has 2 aliphatic rings. The summed E-state index contributed by atoms with van der Waals surface area (Å²) in [5, 5.41) is 12.9. The topological polar surface area (TPSA) is 125 Å². The lowest BCUT2D eigenvalue weighted by atomic mass is 9.93. The van der Waals surface area contributed by atoms with Crippen LogP contribution >= 0.6 is 0 Å². The van der Waals surface area contributed by atoms with Crippen molar-refractivity contribution in [3.8, 4) is 11.5 Å². The number of nitrogens with zero attached hydrogens (tertiary/aromatic N) is 4. The molecule has 3 N–H and O–H groups in total. The second-order valence-corrected chi connectivity index (χ2v) is 10.4. The number of nitrogens with one attached hydrogen (secondary N) is 3. The van der Waals surface area contributed by atoms with Crippen LogP contribution in [0.2, 0.25) is 0 Å². The van der Waals surface area contributed by atoms with Gasteiger partial charge < -0.3 is 25.0 Å². The molecular formula is C30H37N7O4. The Bertz CT molecular complexity index is 1440. The molecule has 0 radical (unpaired) electrons. The fourth-order valence-corrected chi connectivity index (χ4v) is 5.65. The van der Waals surface area contributed by atoms with E-state index in [0.717, 1.165) is 33.6 Å². The van der Waals surface area contributed by atoms with E-state index in [1.807, 2.05) is 19.1 Å². The average Bonchev–Trinajstić information content (AvgIpc) is 3.46. The zero-order chi connectivity index (χ0) is 29.1. The second kappa shape index (κ2) is 11.9. The zero-order valence-corrected chi connectivity index (χ0v) is 24.2. The number of methoxy groups -OCH3 is 1. The van der Waals surface area contributed by atoms with Crippen molar-refractivity contribution in [1.29, 1.82) is 0 Å². The van der Waals surface area contributed by atoms with Crippen LogP contribution in [0.15, 0.2) is 36.7 Å². The van der Waals surface area contributed by atoms with Crippen LogP contribution in [0.3, 0.4) is 0 Å². The number of hydrogen-bond donors (Lipinski definition) is 3. The van der Waals surface area contributed by atoms with E-state index in [1.165, 1.54) is 11.9 Å². The predicted octanol–water partition coefficient (Wildman–Crippen LogP) is 3.57. The third-order valence-electron chi connectivity index (χ3n) is 7.48. The molecule has 2 aliphatic heterocycles. The fourth-order valence-electron chi connectivity index (χ4n) is 5.65. The molecule has 0 saturated heterocycles. The highest BCUT2D eigenvalue weighted by Crippen LogP contribution is 2.40. The third kappa shape index (κ3) is 5.84. The van der Waals surface area contributed by atoms with E-state index in [1.54, 1.807) is 16.9 Å². The van der Waals surface area contributed by atoms with Crippen molar-refractivity contribution in [2.45, 2.75) is 46.7 Å². The van der Waals surface area contributed by atoms with Gasteiger partial charge in [-0.2, -0.15) is 5.10 Å². The largest absolute Gasteiger partial charge is 0.493 e. The Hall–Kier alpha value is -4.54. The van der Waals surface area contributed by atoms with Gasteiger partial charge in [0, 0.05) is 24.3 Å². The molecule has 1 unspecified atom stereocenters. The van der Waals surface area contributed by atoms with Crippen LogP contribution in [0.1, 0.15) is 40.6 Å². The van der Waals surface area contributed by atoms with Crippen molar-refractivity contribution < 1.29 is 19.1 Å². The number of rotatable bonds is 10. The second-order valence-electron chi connectivity index (χ2n) is 10.4. The third-order valence-corrected chi connectivity index (χ3v) is 7.48. The predicted molar refractivity (Wildman–Crippen MR) is 156 cm³/mol. The van der Waals surface area contributed by atoms with E-state index in [9.17, 15) is 9.59 Å². The maximum atomic E-state index is 14.0. The van der Waals surface area contributed by atoms with Crippen LogP contribution in [0, 0.1) is 20.8 Å². The first-order valence-electron chi connectivity index (χ1n) is 13.9. The molecule has 0 spiro atoms. The first kappa shape index (κ1) is 28.0. The monoisotopic (exact) mass is 559 g/mol. The molecule has 41 heavy (non-hydrogen) atoms. The van der Waals surface area contributed by atoms with Crippen molar-refractivity contribution in [3.63, 3.8) is 0 Å². The summed E-state index contributed by atoms with van der Waals surface area (Å²) in [7, 11) is 1.61. The normalized spacial score (nSPS) is 16.1. The van der Waals surface area contributed by atoms with E-state index < -0.39 is 0 Å². The first-order chi connectivity index (χ1) is 19.8. The van der Waals surface area contributed by atoms with Gasteiger partial charge in [-0.15, -0.1) is 0 Å². The molecule has 216 valence electrons. The number of ether oxygens (including phenoxy) is 2. The molecule has 0 fully saturated rings. The van der Waals surface area contributed by atoms with E-state index in [4.69, 9.17) is 9.47 Å². The number of H-pyrrole nitrogens is 1. The van der Waals surface area contributed by atoms with Crippen molar-refractivity contribution >= 4 is 23.3 Å². The van der Waals surface area contributed by atoms with Gasteiger partial charge in [-0.25, -0.2) is 9.78 Å². The zero-order valence-electron chi connectivity index (χ0n) is 24.2. The van der Waals surface area contributed by atoms with Crippen LogP contribution < -0.4 is 20.1 Å². The van der Waals surface area contributed by atoms with Gasteiger partial charge in [-0.05, 0) is 69.0 Å². The maximum Gasteiger partial charge on any atom is 0.325 e. The summed E-state index contributed by atoms with van der Waals surface area (Å²) < 4.78 is 11.4. The van der Waals surface area contributed by atoms with Gasteiger partial charge in [0.2, 0.25) is 5.91 Å². The van der Waals surface area contributed by atoms with Crippen molar-refractivity contribution in [3.05, 3.63) is 70.3 Å². The number of urea groups is 1. The van der Waals surface area contributed by atoms with Crippen molar-refractivity contribution in [1.82, 2.24) is 30.3 Å². The fraction of sp³-hybridized carbons (Fsp3) is 0.400. The molecule has 5 rings (SSSR count). The van der Waals surface area contributed by atoms with E-state index >= 15 is 0 Å². The molecule has 3 amide bonds. The molecular weight excluding hydrogens is 522 g/mol. The summed E-state index contributed by atoms with van der Waals surface area (Å²) in [6.45, 7) is 9.74. The standard InChI is InChI=1S/C30H37N7O4/c1-6-41-26-11-21-7-8-36-24(23(21)13-25(26)40-5)12-22(14-32-29-19(3)9-18(2)10-20(29)4)37(30(36)39)16-28(38)31-15-27-33-17-34-35-27/h9-13,17,22,32H,6-8,14-16H2,1-5H3,(H,31,38)(H,33,34,35).